The molecule has 0 spiro atoms. The van der Waals surface area contributed by atoms with Gasteiger partial charge in [0, 0.05) is 17.3 Å². The zero-order valence-electron chi connectivity index (χ0n) is 20.4. The van der Waals surface area contributed by atoms with Crippen LogP contribution in [-0.2, 0) is 20.4 Å². The number of esters is 1. The first-order valence-corrected chi connectivity index (χ1v) is 12.6. The number of hydrogen-bond acceptors (Lipinski definition) is 2. The first-order chi connectivity index (χ1) is 17.2. The van der Waals surface area contributed by atoms with Crippen LogP contribution in [0, 0.1) is 0 Å². The van der Waals surface area contributed by atoms with Gasteiger partial charge in [-0.05, 0) is 57.3 Å². The largest absolute Gasteiger partial charge is 0.469 e. The van der Waals surface area contributed by atoms with Crippen LogP contribution in [0.15, 0.2) is 97.1 Å². The normalized spacial score (nSPS) is 15.6. The molecule has 6 rings (SSSR count). The molecule has 2 aliphatic rings. The average molecular weight is 459 g/mol. The molecule has 0 saturated heterocycles. The van der Waals surface area contributed by atoms with E-state index in [4.69, 9.17) is 4.74 Å². The SMILES string of the molecule is CCCC1(C2(CCC(=O)OC)c3ccccc3-c3ccccc32)c2ccccc2-c2ccccc21. The van der Waals surface area contributed by atoms with E-state index in [2.05, 4.69) is 104 Å². The molecule has 0 aromatic heterocycles. The van der Waals surface area contributed by atoms with E-state index in [0.29, 0.717) is 12.8 Å². The van der Waals surface area contributed by atoms with Gasteiger partial charge in [-0.15, -0.1) is 0 Å². The van der Waals surface area contributed by atoms with E-state index in [-0.39, 0.29) is 11.4 Å². The quantitative estimate of drug-likeness (QED) is 0.277. The maximum atomic E-state index is 12.7. The zero-order chi connectivity index (χ0) is 24.0. The molecule has 0 aliphatic heterocycles. The van der Waals surface area contributed by atoms with Crippen LogP contribution in [0.4, 0.5) is 0 Å². The smallest absolute Gasteiger partial charge is 0.305 e. The number of carbonyl (C=O) groups is 1. The number of methoxy groups -OCH3 is 1. The van der Waals surface area contributed by atoms with E-state index in [1.807, 2.05) is 0 Å². The first-order valence-electron chi connectivity index (χ1n) is 12.6. The Balaban J connectivity index is 1.78. The standard InChI is InChI=1S/C33H30O2/c1-3-21-32(27-16-8-4-12-23(27)24-13-5-9-17-28(24)32)33(22-20-31(34)35-2)29-18-10-6-14-25(29)26-15-7-11-19-30(26)33/h4-19H,3,20-22H2,1-2H3. The van der Waals surface area contributed by atoms with E-state index < -0.39 is 5.41 Å². The Morgan fingerprint density at radius 2 is 0.943 bits per heavy atom. The Hall–Kier alpha value is -3.65. The minimum Gasteiger partial charge on any atom is -0.469 e. The number of benzene rings is 4. The molecular weight excluding hydrogens is 428 g/mol. The van der Waals surface area contributed by atoms with Gasteiger partial charge in [0.2, 0.25) is 0 Å². The molecule has 0 radical (unpaired) electrons. The molecule has 4 aromatic carbocycles. The summed E-state index contributed by atoms with van der Waals surface area (Å²) in [6.45, 7) is 2.28. The van der Waals surface area contributed by atoms with Crippen molar-refractivity contribution in [2.24, 2.45) is 0 Å². The Morgan fingerprint density at radius 3 is 1.29 bits per heavy atom. The maximum absolute atomic E-state index is 12.7. The van der Waals surface area contributed by atoms with Crippen LogP contribution in [0.3, 0.4) is 0 Å². The van der Waals surface area contributed by atoms with Gasteiger partial charge in [-0.3, -0.25) is 4.79 Å². The summed E-state index contributed by atoms with van der Waals surface area (Å²) in [5, 5.41) is 0. The van der Waals surface area contributed by atoms with Crippen LogP contribution < -0.4 is 0 Å². The lowest BCUT2D eigenvalue weighted by Crippen LogP contribution is -2.49. The van der Waals surface area contributed by atoms with E-state index in [1.54, 1.807) is 0 Å². The second kappa shape index (κ2) is 8.23. The highest BCUT2D eigenvalue weighted by molar-refractivity contribution is 5.89. The van der Waals surface area contributed by atoms with Crippen LogP contribution >= 0.6 is 0 Å². The summed E-state index contributed by atoms with van der Waals surface area (Å²) in [4.78, 5) is 12.7. The third kappa shape index (κ3) is 2.80. The van der Waals surface area contributed by atoms with Crippen molar-refractivity contribution in [2.45, 2.75) is 43.4 Å². The Bertz CT molecular complexity index is 1340. The molecule has 0 bridgehead atoms. The molecule has 2 heteroatoms. The van der Waals surface area contributed by atoms with Crippen LogP contribution in [0.25, 0.3) is 22.3 Å². The summed E-state index contributed by atoms with van der Waals surface area (Å²) in [6, 6.07) is 35.5. The van der Waals surface area contributed by atoms with Crippen molar-refractivity contribution in [1.82, 2.24) is 0 Å². The summed E-state index contributed by atoms with van der Waals surface area (Å²) in [7, 11) is 1.49. The number of ether oxygens (including phenoxy) is 1. The number of hydrogen-bond donors (Lipinski definition) is 0. The fourth-order valence-corrected chi connectivity index (χ4v) is 7.30. The Morgan fingerprint density at radius 1 is 0.600 bits per heavy atom. The highest BCUT2D eigenvalue weighted by Gasteiger charge is 2.61. The van der Waals surface area contributed by atoms with Crippen LogP contribution in [-0.4, -0.2) is 13.1 Å². The van der Waals surface area contributed by atoms with Gasteiger partial charge >= 0.3 is 5.97 Å². The molecule has 0 atom stereocenters. The Kier molecular flexibility index (Phi) is 5.14. The van der Waals surface area contributed by atoms with Crippen LogP contribution in [0.5, 0.6) is 0 Å². The molecular formula is C33H30O2. The van der Waals surface area contributed by atoms with Gasteiger partial charge in [0.1, 0.15) is 0 Å². The molecule has 0 fully saturated rings. The van der Waals surface area contributed by atoms with E-state index >= 15 is 0 Å². The molecule has 0 N–H and O–H groups in total. The predicted molar refractivity (Wildman–Crippen MR) is 141 cm³/mol. The Labute approximate surface area is 207 Å². The van der Waals surface area contributed by atoms with Crippen molar-refractivity contribution in [3.63, 3.8) is 0 Å². The molecule has 174 valence electrons. The minimum absolute atomic E-state index is 0.155. The molecule has 2 nitrogen and oxygen atoms in total. The first kappa shape index (κ1) is 21.9. The lowest BCUT2D eigenvalue weighted by atomic mass is 9.51. The van der Waals surface area contributed by atoms with Crippen molar-refractivity contribution < 1.29 is 9.53 Å². The van der Waals surface area contributed by atoms with Crippen LogP contribution in [0.2, 0.25) is 0 Å². The van der Waals surface area contributed by atoms with E-state index in [0.717, 1.165) is 12.8 Å². The molecule has 35 heavy (non-hydrogen) atoms. The highest BCUT2D eigenvalue weighted by Crippen LogP contribution is 2.68. The number of fused-ring (bicyclic) bond motifs is 6. The topological polar surface area (TPSA) is 26.3 Å². The van der Waals surface area contributed by atoms with Gasteiger partial charge in [-0.1, -0.05) is 110 Å². The minimum atomic E-state index is -0.396. The number of rotatable bonds is 6. The highest BCUT2D eigenvalue weighted by atomic mass is 16.5. The summed E-state index contributed by atoms with van der Waals surface area (Å²) in [5.41, 5.74) is 9.90. The molecule has 4 aromatic rings. The van der Waals surface area contributed by atoms with Crippen molar-refractivity contribution >= 4 is 5.97 Å². The summed E-state index contributed by atoms with van der Waals surface area (Å²) >= 11 is 0. The zero-order valence-corrected chi connectivity index (χ0v) is 20.4. The van der Waals surface area contributed by atoms with Crippen molar-refractivity contribution in [3.05, 3.63) is 119 Å². The van der Waals surface area contributed by atoms with E-state index in [9.17, 15) is 4.79 Å². The summed E-state index contributed by atoms with van der Waals surface area (Å²) in [5.74, 6) is -0.155. The van der Waals surface area contributed by atoms with Crippen molar-refractivity contribution in [3.8, 4) is 22.3 Å². The van der Waals surface area contributed by atoms with Gasteiger partial charge in [0.15, 0.2) is 0 Å². The fourth-order valence-electron chi connectivity index (χ4n) is 7.30. The fraction of sp³-hybridized carbons (Fsp3) is 0.242. The second-order valence-corrected chi connectivity index (χ2v) is 9.82. The molecule has 0 saturated carbocycles. The lowest BCUT2D eigenvalue weighted by Gasteiger charge is -2.50. The molecule has 0 unspecified atom stereocenters. The van der Waals surface area contributed by atoms with Gasteiger partial charge in [-0.25, -0.2) is 0 Å². The number of carbonyl (C=O) groups excluding carboxylic acids is 1. The molecule has 0 heterocycles. The van der Waals surface area contributed by atoms with Gasteiger partial charge < -0.3 is 4.74 Å². The maximum Gasteiger partial charge on any atom is 0.305 e. The summed E-state index contributed by atoms with van der Waals surface area (Å²) in [6.07, 6.45) is 3.09. The second-order valence-electron chi connectivity index (χ2n) is 9.82. The molecule has 2 aliphatic carbocycles. The molecule has 0 amide bonds. The average Bonchev–Trinajstić information content (AvgIpc) is 3.37. The predicted octanol–water partition coefficient (Wildman–Crippen LogP) is 7.67. The van der Waals surface area contributed by atoms with Crippen molar-refractivity contribution in [1.29, 1.82) is 0 Å². The van der Waals surface area contributed by atoms with Crippen LogP contribution in [0.1, 0.15) is 54.9 Å². The summed E-state index contributed by atoms with van der Waals surface area (Å²) < 4.78 is 5.19. The van der Waals surface area contributed by atoms with Crippen molar-refractivity contribution in [2.75, 3.05) is 7.11 Å². The lowest BCUT2D eigenvalue weighted by molar-refractivity contribution is -0.141. The third-order valence-corrected chi connectivity index (χ3v) is 8.41. The third-order valence-electron chi connectivity index (χ3n) is 8.41. The van der Waals surface area contributed by atoms with Gasteiger partial charge in [-0.2, -0.15) is 0 Å². The monoisotopic (exact) mass is 458 g/mol. The van der Waals surface area contributed by atoms with Gasteiger partial charge in [0.05, 0.1) is 7.11 Å². The van der Waals surface area contributed by atoms with E-state index in [1.165, 1.54) is 51.6 Å². The van der Waals surface area contributed by atoms with Gasteiger partial charge in [0.25, 0.3) is 0 Å².